The molecule has 1 aromatic rings. The van der Waals surface area contributed by atoms with Crippen molar-refractivity contribution in [2.75, 3.05) is 7.11 Å². The Hall–Kier alpha value is -1.54. The van der Waals surface area contributed by atoms with Gasteiger partial charge in [-0.05, 0) is 115 Å². The zero-order valence-electron chi connectivity index (χ0n) is 24.6. The molecule has 5 rings (SSSR count). The molecule has 0 aliphatic heterocycles. The topological polar surface area (TPSA) is 18.5 Å². The Bertz CT molecular complexity index is 1000. The molecule has 0 heterocycles. The summed E-state index contributed by atoms with van der Waals surface area (Å²) in [5, 5.41) is 0. The van der Waals surface area contributed by atoms with Crippen LogP contribution in [0, 0.1) is 34.5 Å². The molecule has 1 aromatic carbocycles. The zero-order chi connectivity index (χ0) is 26.2. The maximum Gasteiger partial charge on any atom is 0.118 e. The molecule has 1 fully saturated rings. The molecule has 37 heavy (non-hydrogen) atoms. The minimum atomic E-state index is 0.386. The zero-order valence-corrected chi connectivity index (χ0v) is 24.6. The molecule has 4 aliphatic rings. The highest BCUT2D eigenvalue weighted by Gasteiger charge is 2.53. The van der Waals surface area contributed by atoms with E-state index in [1.165, 1.54) is 76.2 Å². The summed E-state index contributed by atoms with van der Waals surface area (Å²) < 4.78 is 11.8. The van der Waals surface area contributed by atoms with E-state index in [0.29, 0.717) is 23.5 Å². The number of rotatable bonds is 9. The van der Waals surface area contributed by atoms with Crippen LogP contribution in [-0.4, -0.2) is 13.2 Å². The van der Waals surface area contributed by atoms with Crippen molar-refractivity contribution in [1.29, 1.82) is 0 Å². The van der Waals surface area contributed by atoms with E-state index in [1.54, 1.807) is 12.7 Å². The van der Waals surface area contributed by atoms with Gasteiger partial charge in [0.25, 0.3) is 0 Å². The van der Waals surface area contributed by atoms with Gasteiger partial charge in [0.2, 0.25) is 0 Å². The predicted octanol–water partition coefficient (Wildman–Crippen LogP) is 9.69. The molecule has 1 saturated carbocycles. The number of allylic oxidation sites excluding steroid dienone is 4. The van der Waals surface area contributed by atoms with Crippen LogP contribution < -0.4 is 4.74 Å². The molecule has 4 aliphatic carbocycles. The van der Waals surface area contributed by atoms with Gasteiger partial charge in [0.05, 0.1) is 19.8 Å². The largest absolute Gasteiger partial charge is 0.497 e. The summed E-state index contributed by atoms with van der Waals surface area (Å²) in [7, 11) is 1.72. The van der Waals surface area contributed by atoms with Crippen molar-refractivity contribution in [2.45, 2.75) is 118 Å². The fourth-order valence-electron chi connectivity index (χ4n) is 8.85. The first kappa shape index (κ1) is 27.0. The molecule has 0 bridgehead atoms. The van der Waals surface area contributed by atoms with Gasteiger partial charge in [-0.3, -0.25) is 0 Å². The molecule has 2 nitrogen and oxygen atoms in total. The fourth-order valence-corrected chi connectivity index (χ4v) is 8.85. The second-order valence-electron chi connectivity index (χ2n) is 13.8. The van der Waals surface area contributed by atoms with E-state index in [2.05, 4.69) is 52.8 Å². The third-order valence-corrected chi connectivity index (χ3v) is 11.2. The summed E-state index contributed by atoms with van der Waals surface area (Å²) in [5.41, 5.74) is 7.49. The normalized spacial score (nSPS) is 34.0. The number of fused-ring (bicyclic) bond motifs is 4. The van der Waals surface area contributed by atoms with Crippen LogP contribution in [-0.2, 0) is 11.3 Å². The van der Waals surface area contributed by atoms with Crippen molar-refractivity contribution >= 4 is 0 Å². The average molecular weight is 505 g/mol. The summed E-state index contributed by atoms with van der Waals surface area (Å²) in [5.74, 6) is 4.21. The van der Waals surface area contributed by atoms with Crippen LogP contribution in [0.2, 0.25) is 0 Å². The van der Waals surface area contributed by atoms with Crippen LogP contribution in [0.15, 0.2) is 47.1 Å². The number of methoxy groups -OCH3 is 1. The van der Waals surface area contributed by atoms with Gasteiger partial charge in [-0.15, -0.1) is 0 Å². The third-order valence-electron chi connectivity index (χ3n) is 11.2. The van der Waals surface area contributed by atoms with E-state index >= 15 is 0 Å². The first-order valence-electron chi connectivity index (χ1n) is 15.4. The smallest absolute Gasteiger partial charge is 0.118 e. The van der Waals surface area contributed by atoms with Gasteiger partial charge < -0.3 is 9.47 Å². The van der Waals surface area contributed by atoms with Crippen LogP contribution in [0.4, 0.5) is 0 Å². The fraction of sp³-hybridized carbons (Fsp3) is 0.714. The van der Waals surface area contributed by atoms with Gasteiger partial charge in [-0.1, -0.05) is 77.7 Å². The summed E-state index contributed by atoms with van der Waals surface area (Å²) >= 11 is 0. The lowest BCUT2D eigenvalue weighted by molar-refractivity contribution is -0.0356. The lowest BCUT2D eigenvalue weighted by Gasteiger charge is -2.54. The standard InChI is InChI=1S/C35H52O2/c1-24(2)8-7-9-25(3)31-16-17-32-30-15-12-27-22-29(37-23-26-10-13-28(36-6)14-11-26)18-20-34(27,4)33(30)19-21-35(31,32)5/h10-11,13-14,17,24-25,27,29,31H,7-9,12,15-16,18-23H2,1-6H3/t25-,27+,29+,31-,34+,35-/m1/s1. The predicted molar refractivity (Wildman–Crippen MR) is 155 cm³/mol. The van der Waals surface area contributed by atoms with Crippen LogP contribution in [0.25, 0.3) is 0 Å². The van der Waals surface area contributed by atoms with E-state index in [4.69, 9.17) is 9.47 Å². The van der Waals surface area contributed by atoms with Gasteiger partial charge in [-0.2, -0.15) is 0 Å². The number of benzene rings is 1. The van der Waals surface area contributed by atoms with Crippen molar-refractivity contribution in [3.8, 4) is 5.75 Å². The summed E-state index contributed by atoms with van der Waals surface area (Å²) in [6, 6.07) is 8.35. The van der Waals surface area contributed by atoms with Crippen molar-refractivity contribution < 1.29 is 9.47 Å². The highest BCUT2D eigenvalue weighted by Crippen LogP contribution is 2.64. The van der Waals surface area contributed by atoms with E-state index < -0.39 is 0 Å². The van der Waals surface area contributed by atoms with Crippen LogP contribution >= 0.6 is 0 Å². The lowest BCUT2D eigenvalue weighted by Crippen LogP contribution is -2.44. The average Bonchev–Trinajstić information content (AvgIpc) is 3.24. The Balaban J connectivity index is 1.23. The molecule has 0 amide bonds. The van der Waals surface area contributed by atoms with Crippen molar-refractivity contribution in [3.63, 3.8) is 0 Å². The molecular formula is C35H52O2. The molecule has 0 radical (unpaired) electrons. The second kappa shape index (κ2) is 10.9. The molecule has 2 heteroatoms. The van der Waals surface area contributed by atoms with E-state index in [9.17, 15) is 0 Å². The molecule has 6 atom stereocenters. The molecule has 0 unspecified atom stereocenters. The minimum absolute atomic E-state index is 0.386. The van der Waals surface area contributed by atoms with Gasteiger partial charge in [0, 0.05) is 0 Å². The maximum atomic E-state index is 6.48. The van der Waals surface area contributed by atoms with Crippen LogP contribution in [0.3, 0.4) is 0 Å². The Labute approximate surface area is 227 Å². The highest BCUT2D eigenvalue weighted by molar-refractivity contribution is 5.49. The first-order chi connectivity index (χ1) is 17.7. The molecular weight excluding hydrogens is 452 g/mol. The SMILES string of the molecule is COc1ccc(CO[C@H]2CC[C@]3(C)C4=C(CC[C@H]3C2)C2=CC[C@H]([C@H](C)CCCC(C)C)[C@@]2(C)CC4)cc1. The molecule has 0 aromatic heterocycles. The van der Waals surface area contributed by atoms with E-state index in [-0.39, 0.29) is 0 Å². The molecule has 0 N–H and O–H groups in total. The van der Waals surface area contributed by atoms with E-state index in [1.807, 2.05) is 23.3 Å². The van der Waals surface area contributed by atoms with Gasteiger partial charge in [-0.25, -0.2) is 0 Å². The molecule has 204 valence electrons. The van der Waals surface area contributed by atoms with Crippen molar-refractivity contribution in [1.82, 2.24) is 0 Å². The van der Waals surface area contributed by atoms with Crippen LogP contribution in [0.1, 0.15) is 111 Å². The minimum Gasteiger partial charge on any atom is -0.497 e. The third kappa shape index (κ3) is 5.21. The summed E-state index contributed by atoms with van der Waals surface area (Å²) in [4.78, 5) is 0. The Morgan fingerprint density at radius 2 is 1.73 bits per heavy atom. The van der Waals surface area contributed by atoms with E-state index in [0.717, 1.165) is 29.4 Å². The van der Waals surface area contributed by atoms with Crippen molar-refractivity contribution in [3.05, 3.63) is 52.6 Å². The number of ether oxygens (including phenoxy) is 2. The summed E-state index contributed by atoms with van der Waals surface area (Å²) in [6.07, 6.45) is 17.7. The lowest BCUT2D eigenvalue weighted by atomic mass is 9.51. The Morgan fingerprint density at radius 1 is 0.946 bits per heavy atom. The van der Waals surface area contributed by atoms with Gasteiger partial charge in [0.1, 0.15) is 5.75 Å². The van der Waals surface area contributed by atoms with Crippen LogP contribution in [0.5, 0.6) is 5.75 Å². The van der Waals surface area contributed by atoms with Gasteiger partial charge >= 0.3 is 0 Å². The number of hydrogen-bond donors (Lipinski definition) is 0. The first-order valence-corrected chi connectivity index (χ1v) is 15.4. The highest BCUT2D eigenvalue weighted by atomic mass is 16.5. The number of hydrogen-bond acceptors (Lipinski definition) is 2. The second-order valence-corrected chi connectivity index (χ2v) is 13.8. The maximum absolute atomic E-state index is 6.48. The summed E-state index contributed by atoms with van der Waals surface area (Å²) in [6.45, 7) is 13.3. The quantitative estimate of drug-likeness (QED) is 0.333. The van der Waals surface area contributed by atoms with Gasteiger partial charge in [0.15, 0.2) is 0 Å². The Morgan fingerprint density at radius 3 is 2.46 bits per heavy atom. The monoisotopic (exact) mass is 504 g/mol. The van der Waals surface area contributed by atoms with Crippen molar-refractivity contribution in [2.24, 2.45) is 34.5 Å². The Kier molecular flexibility index (Phi) is 7.98. The molecule has 0 spiro atoms. The molecule has 0 saturated heterocycles.